The summed E-state index contributed by atoms with van der Waals surface area (Å²) in [4.78, 5) is 0. The fraction of sp³-hybridized carbons (Fsp3) is 1.00. The molecule has 0 radical (unpaired) electrons. The molecule has 0 aromatic rings. The van der Waals surface area contributed by atoms with Crippen LogP contribution in [0.1, 0.15) is 66.7 Å². The molecule has 0 bridgehead atoms. The number of hydrogen-bond donors (Lipinski definition) is 1. The third-order valence-corrected chi connectivity index (χ3v) is 4.50. The minimum atomic E-state index is 0.438. The Kier molecular flexibility index (Phi) is 8.01. The van der Waals surface area contributed by atoms with Crippen LogP contribution in [0.25, 0.3) is 0 Å². The number of nitrogens with one attached hydrogen (secondary N) is 1. The quantitative estimate of drug-likeness (QED) is 0.665. The van der Waals surface area contributed by atoms with Crippen LogP contribution in [0.4, 0.5) is 0 Å². The largest absolute Gasteiger partial charge is 0.377 e. The average molecular weight is 269 g/mol. The minimum absolute atomic E-state index is 0.438. The van der Waals surface area contributed by atoms with Gasteiger partial charge in [0.2, 0.25) is 0 Å². The zero-order chi connectivity index (χ0) is 14.3. The first-order valence-corrected chi connectivity index (χ1v) is 8.39. The standard InChI is InChI=1S/C17H35NO/c1-6-18-16-10-9-15(14(4)5)12-17(16)19-11-7-8-13(2)3/h13-18H,6-12H2,1-5H3. The molecule has 19 heavy (non-hydrogen) atoms. The molecular formula is C17H35NO. The fourth-order valence-electron chi connectivity index (χ4n) is 3.17. The van der Waals surface area contributed by atoms with Gasteiger partial charge in [-0.25, -0.2) is 0 Å². The van der Waals surface area contributed by atoms with E-state index in [0.29, 0.717) is 12.1 Å². The number of likely N-dealkylation sites (N-methyl/N-ethyl adjacent to an activating group) is 1. The maximum atomic E-state index is 6.22. The number of hydrogen-bond acceptors (Lipinski definition) is 2. The molecular weight excluding hydrogens is 234 g/mol. The molecule has 0 amide bonds. The van der Waals surface area contributed by atoms with E-state index in [1.54, 1.807) is 0 Å². The van der Waals surface area contributed by atoms with Crippen LogP contribution in [0, 0.1) is 17.8 Å². The van der Waals surface area contributed by atoms with Gasteiger partial charge in [-0.1, -0.05) is 34.6 Å². The second-order valence-corrected chi connectivity index (χ2v) is 6.93. The molecule has 3 atom stereocenters. The van der Waals surface area contributed by atoms with E-state index >= 15 is 0 Å². The first-order chi connectivity index (χ1) is 9.04. The van der Waals surface area contributed by atoms with Crippen molar-refractivity contribution in [1.82, 2.24) is 5.32 Å². The molecule has 0 heterocycles. The van der Waals surface area contributed by atoms with Crippen LogP contribution >= 0.6 is 0 Å². The highest BCUT2D eigenvalue weighted by atomic mass is 16.5. The molecule has 1 aliphatic carbocycles. The molecule has 1 fully saturated rings. The van der Waals surface area contributed by atoms with Gasteiger partial charge in [-0.05, 0) is 56.4 Å². The van der Waals surface area contributed by atoms with Crippen molar-refractivity contribution < 1.29 is 4.74 Å². The Morgan fingerprint density at radius 2 is 1.89 bits per heavy atom. The van der Waals surface area contributed by atoms with Crippen LogP contribution in [0.2, 0.25) is 0 Å². The molecule has 1 rings (SSSR count). The van der Waals surface area contributed by atoms with E-state index in [0.717, 1.165) is 30.9 Å². The lowest BCUT2D eigenvalue weighted by Gasteiger charge is -2.38. The Morgan fingerprint density at radius 3 is 2.47 bits per heavy atom. The summed E-state index contributed by atoms with van der Waals surface area (Å²) in [5, 5.41) is 3.62. The van der Waals surface area contributed by atoms with E-state index in [2.05, 4.69) is 39.9 Å². The molecule has 3 unspecified atom stereocenters. The van der Waals surface area contributed by atoms with Crippen molar-refractivity contribution in [1.29, 1.82) is 0 Å². The normalized spacial score (nSPS) is 28.3. The zero-order valence-corrected chi connectivity index (χ0v) is 13.7. The van der Waals surface area contributed by atoms with Crippen LogP contribution in [0.3, 0.4) is 0 Å². The molecule has 1 N–H and O–H groups in total. The van der Waals surface area contributed by atoms with Crippen LogP contribution in [-0.2, 0) is 4.74 Å². The third-order valence-electron chi connectivity index (χ3n) is 4.50. The van der Waals surface area contributed by atoms with Gasteiger partial charge in [-0.2, -0.15) is 0 Å². The predicted octanol–water partition coefficient (Wildman–Crippen LogP) is 4.24. The van der Waals surface area contributed by atoms with Crippen LogP contribution in [0.5, 0.6) is 0 Å². The number of rotatable bonds is 8. The van der Waals surface area contributed by atoms with Crippen LogP contribution < -0.4 is 5.32 Å². The molecule has 0 aliphatic heterocycles. The van der Waals surface area contributed by atoms with Crippen LogP contribution in [-0.4, -0.2) is 25.3 Å². The summed E-state index contributed by atoms with van der Waals surface area (Å²) in [6.07, 6.45) is 6.82. The number of ether oxygens (including phenoxy) is 1. The molecule has 1 aliphatic rings. The molecule has 2 nitrogen and oxygen atoms in total. The topological polar surface area (TPSA) is 21.3 Å². The van der Waals surface area contributed by atoms with Crippen molar-refractivity contribution in [3.63, 3.8) is 0 Å². The monoisotopic (exact) mass is 269 g/mol. The zero-order valence-electron chi connectivity index (χ0n) is 13.7. The minimum Gasteiger partial charge on any atom is -0.377 e. The SMILES string of the molecule is CCNC1CCC(C(C)C)CC1OCCCC(C)C. The summed E-state index contributed by atoms with van der Waals surface area (Å²) in [7, 11) is 0. The Hall–Kier alpha value is -0.0800. The highest BCUT2D eigenvalue weighted by Crippen LogP contribution is 2.32. The van der Waals surface area contributed by atoms with E-state index in [1.807, 2.05) is 0 Å². The Balaban J connectivity index is 2.38. The molecule has 114 valence electrons. The molecule has 0 aromatic heterocycles. The van der Waals surface area contributed by atoms with E-state index < -0.39 is 0 Å². The average Bonchev–Trinajstić information content (AvgIpc) is 2.36. The van der Waals surface area contributed by atoms with Gasteiger partial charge in [0.05, 0.1) is 6.10 Å². The maximum Gasteiger partial charge on any atom is 0.0730 e. The lowest BCUT2D eigenvalue weighted by molar-refractivity contribution is -0.0182. The van der Waals surface area contributed by atoms with Crippen molar-refractivity contribution in [2.75, 3.05) is 13.2 Å². The fourth-order valence-corrected chi connectivity index (χ4v) is 3.17. The first kappa shape index (κ1) is 17.0. The Morgan fingerprint density at radius 1 is 1.16 bits per heavy atom. The van der Waals surface area contributed by atoms with Gasteiger partial charge in [0, 0.05) is 12.6 Å². The van der Waals surface area contributed by atoms with Gasteiger partial charge in [0.25, 0.3) is 0 Å². The maximum absolute atomic E-state index is 6.22. The van der Waals surface area contributed by atoms with E-state index in [1.165, 1.54) is 32.1 Å². The van der Waals surface area contributed by atoms with Gasteiger partial charge in [0.15, 0.2) is 0 Å². The second kappa shape index (κ2) is 8.97. The van der Waals surface area contributed by atoms with Gasteiger partial charge in [-0.15, -0.1) is 0 Å². The molecule has 2 heteroatoms. The highest BCUT2D eigenvalue weighted by Gasteiger charge is 2.31. The highest BCUT2D eigenvalue weighted by molar-refractivity contribution is 4.86. The van der Waals surface area contributed by atoms with Gasteiger partial charge in [-0.3, -0.25) is 0 Å². The molecule has 1 saturated carbocycles. The third kappa shape index (κ3) is 6.27. The van der Waals surface area contributed by atoms with Gasteiger partial charge in [0.1, 0.15) is 0 Å². The summed E-state index contributed by atoms with van der Waals surface area (Å²) in [5.74, 6) is 2.44. The molecule has 0 spiro atoms. The summed E-state index contributed by atoms with van der Waals surface area (Å²) >= 11 is 0. The summed E-state index contributed by atoms with van der Waals surface area (Å²) in [6.45, 7) is 13.5. The van der Waals surface area contributed by atoms with E-state index in [4.69, 9.17) is 4.74 Å². The van der Waals surface area contributed by atoms with Gasteiger partial charge < -0.3 is 10.1 Å². The Bertz CT molecular complexity index is 227. The van der Waals surface area contributed by atoms with Crippen molar-refractivity contribution in [2.45, 2.75) is 78.9 Å². The van der Waals surface area contributed by atoms with Crippen molar-refractivity contribution in [3.8, 4) is 0 Å². The summed E-state index contributed by atoms with van der Waals surface area (Å²) < 4.78 is 6.22. The predicted molar refractivity (Wildman–Crippen MR) is 83.5 cm³/mol. The summed E-state index contributed by atoms with van der Waals surface area (Å²) in [6, 6.07) is 0.582. The molecule has 0 saturated heterocycles. The van der Waals surface area contributed by atoms with E-state index in [-0.39, 0.29) is 0 Å². The Labute approximate surface area is 120 Å². The van der Waals surface area contributed by atoms with Crippen molar-refractivity contribution in [2.24, 2.45) is 17.8 Å². The second-order valence-electron chi connectivity index (χ2n) is 6.93. The molecule has 0 aromatic carbocycles. The smallest absolute Gasteiger partial charge is 0.0730 e. The van der Waals surface area contributed by atoms with Crippen LogP contribution in [0.15, 0.2) is 0 Å². The van der Waals surface area contributed by atoms with E-state index in [9.17, 15) is 0 Å². The van der Waals surface area contributed by atoms with Gasteiger partial charge >= 0.3 is 0 Å². The van der Waals surface area contributed by atoms with Crippen molar-refractivity contribution in [3.05, 3.63) is 0 Å². The van der Waals surface area contributed by atoms with Crippen molar-refractivity contribution >= 4 is 0 Å². The lowest BCUT2D eigenvalue weighted by Crippen LogP contribution is -2.46. The first-order valence-electron chi connectivity index (χ1n) is 8.39. The lowest BCUT2D eigenvalue weighted by atomic mass is 9.78. The summed E-state index contributed by atoms with van der Waals surface area (Å²) in [5.41, 5.74) is 0.